The van der Waals surface area contributed by atoms with Crippen molar-refractivity contribution in [2.75, 3.05) is 19.5 Å². The molecule has 5 heteroatoms. The summed E-state index contributed by atoms with van der Waals surface area (Å²) in [4.78, 5) is 12.0. The standard InChI is InChI=1S/C18H18BrNO3/c1-12-10-14(6-8-16(12)19)20-18(21)9-5-13-4-7-15(22-2)11-17(13)23-3/h4-11H,1-3H3,(H,20,21)/b9-5+. The molecule has 0 aliphatic carbocycles. The normalized spacial score (nSPS) is 10.6. The van der Waals surface area contributed by atoms with Gasteiger partial charge in [0.2, 0.25) is 5.91 Å². The van der Waals surface area contributed by atoms with Gasteiger partial charge in [-0.15, -0.1) is 0 Å². The molecule has 0 aliphatic rings. The second-order valence-electron chi connectivity index (χ2n) is 4.89. The second kappa shape index (κ2) is 7.83. The van der Waals surface area contributed by atoms with Crippen LogP contribution in [0.25, 0.3) is 6.08 Å². The van der Waals surface area contributed by atoms with Gasteiger partial charge in [0.25, 0.3) is 0 Å². The molecule has 0 spiro atoms. The second-order valence-corrected chi connectivity index (χ2v) is 5.75. The van der Waals surface area contributed by atoms with Crippen LogP contribution in [0.4, 0.5) is 5.69 Å². The van der Waals surface area contributed by atoms with Crippen LogP contribution in [0.15, 0.2) is 46.9 Å². The Morgan fingerprint density at radius 3 is 2.57 bits per heavy atom. The number of methoxy groups -OCH3 is 2. The van der Waals surface area contributed by atoms with Crippen molar-refractivity contribution in [2.24, 2.45) is 0 Å². The van der Waals surface area contributed by atoms with Crippen molar-refractivity contribution >= 4 is 33.6 Å². The minimum absolute atomic E-state index is 0.204. The summed E-state index contributed by atoms with van der Waals surface area (Å²) in [7, 11) is 3.18. The van der Waals surface area contributed by atoms with Crippen LogP contribution in [0, 0.1) is 6.92 Å². The Hall–Kier alpha value is -2.27. The number of amides is 1. The minimum atomic E-state index is -0.204. The molecule has 2 aromatic carbocycles. The van der Waals surface area contributed by atoms with Crippen LogP contribution in [0.5, 0.6) is 11.5 Å². The lowest BCUT2D eigenvalue weighted by molar-refractivity contribution is -0.111. The number of nitrogens with one attached hydrogen (secondary N) is 1. The fourth-order valence-corrected chi connectivity index (χ4v) is 2.27. The molecule has 0 aromatic heterocycles. The Kier molecular flexibility index (Phi) is 5.82. The van der Waals surface area contributed by atoms with E-state index in [0.717, 1.165) is 21.3 Å². The Morgan fingerprint density at radius 1 is 1.13 bits per heavy atom. The molecule has 2 rings (SSSR count). The fraction of sp³-hybridized carbons (Fsp3) is 0.167. The Balaban J connectivity index is 2.10. The lowest BCUT2D eigenvalue weighted by Gasteiger charge is -2.07. The van der Waals surface area contributed by atoms with Gasteiger partial charge in [0, 0.05) is 27.9 Å². The third-order valence-electron chi connectivity index (χ3n) is 3.28. The first-order chi connectivity index (χ1) is 11.0. The van der Waals surface area contributed by atoms with Crippen molar-refractivity contribution < 1.29 is 14.3 Å². The summed E-state index contributed by atoms with van der Waals surface area (Å²) in [5.41, 5.74) is 2.61. The molecule has 0 radical (unpaired) electrons. The van der Waals surface area contributed by atoms with E-state index < -0.39 is 0 Å². The molecule has 1 amide bonds. The van der Waals surface area contributed by atoms with Gasteiger partial charge in [-0.05, 0) is 48.9 Å². The maximum absolute atomic E-state index is 12.0. The van der Waals surface area contributed by atoms with Gasteiger partial charge in [-0.1, -0.05) is 15.9 Å². The molecule has 2 aromatic rings. The molecule has 0 saturated heterocycles. The SMILES string of the molecule is COc1ccc(/C=C/C(=O)Nc2ccc(Br)c(C)c2)c(OC)c1. The van der Waals surface area contributed by atoms with Crippen LogP contribution in [0.2, 0.25) is 0 Å². The number of hydrogen-bond acceptors (Lipinski definition) is 3. The predicted octanol–water partition coefficient (Wildman–Crippen LogP) is 4.43. The first-order valence-electron chi connectivity index (χ1n) is 7.00. The van der Waals surface area contributed by atoms with Gasteiger partial charge < -0.3 is 14.8 Å². The third kappa shape index (κ3) is 4.60. The highest BCUT2D eigenvalue weighted by atomic mass is 79.9. The zero-order valence-electron chi connectivity index (χ0n) is 13.2. The monoisotopic (exact) mass is 375 g/mol. The molecule has 120 valence electrons. The first kappa shape index (κ1) is 17.1. The zero-order valence-corrected chi connectivity index (χ0v) is 14.8. The van der Waals surface area contributed by atoms with E-state index in [1.807, 2.05) is 37.3 Å². The van der Waals surface area contributed by atoms with Crippen LogP contribution >= 0.6 is 15.9 Å². The van der Waals surface area contributed by atoms with Crippen molar-refractivity contribution in [1.29, 1.82) is 0 Å². The Bertz CT molecular complexity index is 741. The summed E-state index contributed by atoms with van der Waals surface area (Å²) in [6.07, 6.45) is 3.18. The average molecular weight is 376 g/mol. The van der Waals surface area contributed by atoms with Crippen molar-refractivity contribution in [3.05, 3.63) is 58.1 Å². The van der Waals surface area contributed by atoms with Crippen LogP contribution < -0.4 is 14.8 Å². The van der Waals surface area contributed by atoms with Crippen LogP contribution in [0.3, 0.4) is 0 Å². The number of ether oxygens (including phenoxy) is 2. The van der Waals surface area contributed by atoms with Gasteiger partial charge >= 0.3 is 0 Å². The van der Waals surface area contributed by atoms with E-state index in [2.05, 4.69) is 21.2 Å². The third-order valence-corrected chi connectivity index (χ3v) is 4.17. The Labute approximate surface area is 144 Å². The van der Waals surface area contributed by atoms with Gasteiger partial charge in [0.15, 0.2) is 0 Å². The van der Waals surface area contributed by atoms with Crippen molar-refractivity contribution in [2.45, 2.75) is 6.92 Å². The van der Waals surface area contributed by atoms with E-state index in [9.17, 15) is 4.79 Å². The molecule has 0 bridgehead atoms. The summed E-state index contributed by atoms with van der Waals surface area (Å²) in [5.74, 6) is 1.14. The van der Waals surface area contributed by atoms with Crippen LogP contribution in [-0.2, 0) is 4.79 Å². The molecular weight excluding hydrogens is 358 g/mol. The molecule has 0 aliphatic heterocycles. The largest absolute Gasteiger partial charge is 0.497 e. The average Bonchev–Trinajstić information content (AvgIpc) is 2.56. The minimum Gasteiger partial charge on any atom is -0.497 e. The predicted molar refractivity (Wildman–Crippen MR) is 96.1 cm³/mol. The van der Waals surface area contributed by atoms with Crippen molar-refractivity contribution in [1.82, 2.24) is 0 Å². The van der Waals surface area contributed by atoms with Crippen molar-refractivity contribution in [3.8, 4) is 11.5 Å². The number of carbonyl (C=O) groups is 1. The summed E-state index contributed by atoms with van der Waals surface area (Å²) in [6, 6.07) is 11.1. The molecule has 4 nitrogen and oxygen atoms in total. The highest BCUT2D eigenvalue weighted by Crippen LogP contribution is 2.25. The van der Waals surface area contributed by atoms with E-state index in [1.54, 1.807) is 26.4 Å². The number of carbonyl (C=O) groups excluding carboxylic acids is 1. The summed E-state index contributed by atoms with van der Waals surface area (Å²) >= 11 is 3.43. The van der Waals surface area contributed by atoms with Crippen molar-refractivity contribution in [3.63, 3.8) is 0 Å². The fourth-order valence-electron chi connectivity index (χ4n) is 2.03. The number of benzene rings is 2. The van der Waals surface area contributed by atoms with Gasteiger partial charge in [0.1, 0.15) is 11.5 Å². The van der Waals surface area contributed by atoms with E-state index in [0.29, 0.717) is 11.5 Å². The molecule has 0 saturated carbocycles. The summed E-state index contributed by atoms with van der Waals surface area (Å²) < 4.78 is 11.5. The maximum Gasteiger partial charge on any atom is 0.248 e. The first-order valence-corrected chi connectivity index (χ1v) is 7.80. The quantitative estimate of drug-likeness (QED) is 0.786. The van der Waals surface area contributed by atoms with Gasteiger partial charge in [0.05, 0.1) is 14.2 Å². The number of halogens is 1. The van der Waals surface area contributed by atoms with Gasteiger partial charge in [-0.2, -0.15) is 0 Å². The van der Waals surface area contributed by atoms with E-state index in [4.69, 9.17) is 9.47 Å². The summed E-state index contributed by atoms with van der Waals surface area (Å²) in [5, 5.41) is 2.83. The lowest BCUT2D eigenvalue weighted by atomic mass is 10.1. The highest BCUT2D eigenvalue weighted by Gasteiger charge is 2.04. The lowest BCUT2D eigenvalue weighted by Crippen LogP contribution is -2.07. The van der Waals surface area contributed by atoms with Gasteiger partial charge in [-0.25, -0.2) is 0 Å². The number of aryl methyl sites for hydroxylation is 1. The molecule has 0 unspecified atom stereocenters. The maximum atomic E-state index is 12.0. The highest BCUT2D eigenvalue weighted by molar-refractivity contribution is 9.10. The molecule has 1 N–H and O–H groups in total. The molecule has 23 heavy (non-hydrogen) atoms. The van der Waals surface area contributed by atoms with E-state index in [-0.39, 0.29) is 5.91 Å². The zero-order chi connectivity index (χ0) is 16.8. The van der Waals surface area contributed by atoms with Crippen LogP contribution in [-0.4, -0.2) is 20.1 Å². The molecule has 0 atom stereocenters. The number of anilines is 1. The van der Waals surface area contributed by atoms with Gasteiger partial charge in [-0.3, -0.25) is 4.79 Å². The Morgan fingerprint density at radius 2 is 1.91 bits per heavy atom. The number of hydrogen-bond donors (Lipinski definition) is 1. The van der Waals surface area contributed by atoms with E-state index >= 15 is 0 Å². The topological polar surface area (TPSA) is 47.6 Å². The molecule has 0 heterocycles. The number of rotatable bonds is 5. The van der Waals surface area contributed by atoms with E-state index in [1.165, 1.54) is 6.08 Å². The molecular formula is C18H18BrNO3. The molecule has 0 fully saturated rings. The smallest absolute Gasteiger partial charge is 0.248 e. The van der Waals surface area contributed by atoms with Crippen LogP contribution in [0.1, 0.15) is 11.1 Å². The summed E-state index contributed by atoms with van der Waals surface area (Å²) in [6.45, 7) is 1.97.